The van der Waals surface area contributed by atoms with Crippen molar-refractivity contribution in [3.8, 4) is 11.5 Å². The number of halogens is 1. The predicted octanol–water partition coefficient (Wildman–Crippen LogP) is 4.88. The molecule has 0 spiro atoms. The van der Waals surface area contributed by atoms with Crippen molar-refractivity contribution in [1.82, 2.24) is 10.6 Å². The number of rotatable bonds is 18. The molecule has 3 amide bonds. The zero-order valence-corrected chi connectivity index (χ0v) is 30.5. The molecule has 0 radical (unpaired) electrons. The second-order valence-corrected chi connectivity index (χ2v) is 12.5. The number of ether oxygens (including phenoxy) is 3. The maximum absolute atomic E-state index is 13.0. The first kappa shape index (κ1) is 39.4. The number of aldehydes is 1. The van der Waals surface area contributed by atoms with Crippen LogP contribution in [0.2, 0.25) is 0 Å². The Morgan fingerprint density at radius 1 is 1.00 bits per heavy atom. The SMILES string of the molecule is COC(=O)CCCCC(=O)NCC(=O)NC(C)C(=O)Nc1cc(CCl)cc(COc2cc(N=CC3Cc4ccccc4N3C)c(C=O)cc2OC)c1. The van der Waals surface area contributed by atoms with E-state index in [4.69, 9.17) is 21.1 Å². The normalized spacial score (nSPS) is 13.9. The van der Waals surface area contributed by atoms with Crippen LogP contribution in [0, 0.1) is 0 Å². The Morgan fingerprint density at radius 2 is 1.75 bits per heavy atom. The Balaban J connectivity index is 1.35. The minimum atomic E-state index is -0.915. The molecule has 2 atom stereocenters. The molecule has 0 saturated carbocycles. The fraction of sp³-hybridized carbons (Fsp3) is 0.368. The molecular formula is C38H44ClN5O8. The van der Waals surface area contributed by atoms with Gasteiger partial charge in [0, 0.05) is 55.0 Å². The highest BCUT2D eigenvalue weighted by atomic mass is 35.5. The third-order valence-corrected chi connectivity index (χ3v) is 8.78. The van der Waals surface area contributed by atoms with Crippen LogP contribution < -0.4 is 30.3 Å². The first-order chi connectivity index (χ1) is 25.0. The van der Waals surface area contributed by atoms with Crippen molar-refractivity contribution >= 4 is 64.9 Å². The third-order valence-electron chi connectivity index (χ3n) is 8.47. The summed E-state index contributed by atoms with van der Waals surface area (Å²) in [5, 5.41) is 7.87. The Hall–Kier alpha value is -5.43. The smallest absolute Gasteiger partial charge is 0.305 e. The number of likely N-dealkylation sites (N-methyl/N-ethyl adjacent to an activating group) is 1. The van der Waals surface area contributed by atoms with E-state index in [2.05, 4.69) is 42.7 Å². The number of benzene rings is 3. The summed E-state index contributed by atoms with van der Waals surface area (Å²) < 4.78 is 16.2. The highest BCUT2D eigenvalue weighted by Gasteiger charge is 2.25. The largest absolute Gasteiger partial charge is 0.493 e. The molecule has 1 aliphatic rings. The number of unbranched alkanes of at least 4 members (excludes halogenated alkanes) is 1. The van der Waals surface area contributed by atoms with Crippen molar-refractivity contribution in [3.63, 3.8) is 0 Å². The van der Waals surface area contributed by atoms with Crippen LogP contribution in [-0.2, 0) is 42.8 Å². The van der Waals surface area contributed by atoms with Crippen LogP contribution in [0.4, 0.5) is 17.1 Å². The zero-order chi connectivity index (χ0) is 37.6. The van der Waals surface area contributed by atoms with Crippen molar-refractivity contribution in [2.75, 3.05) is 38.0 Å². The summed E-state index contributed by atoms with van der Waals surface area (Å²) in [5.74, 6) is -0.805. The maximum atomic E-state index is 13.0. The summed E-state index contributed by atoms with van der Waals surface area (Å²) in [7, 11) is 4.80. The molecule has 4 rings (SSSR count). The van der Waals surface area contributed by atoms with Crippen molar-refractivity contribution < 1.29 is 38.2 Å². The minimum absolute atomic E-state index is 0.0218. The molecule has 52 heavy (non-hydrogen) atoms. The van der Waals surface area contributed by atoms with Gasteiger partial charge in [0.1, 0.15) is 12.6 Å². The molecule has 0 fully saturated rings. The molecular weight excluding hydrogens is 690 g/mol. The molecule has 13 nitrogen and oxygen atoms in total. The van der Waals surface area contributed by atoms with E-state index < -0.39 is 17.9 Å². The second kappa shape index (κ2) is 19.3. The number of para-hydroxylation sites is 1. The van der Waals surface area contributed by atoms with E-state index in [1.54, 1.807) is 24.3 Å². The van der Waals surface area contributed by atoms with E-state index in [1.807, 2.05) is 31.5 Å². The predicted molar refractivity (Wildman–Crippen MR) is 199 cm³/mol. The number of amides is 3. The highest BCUT2D eigenvalue weighted by molar-refractivity contribution is 6.17. The van der Waals surface area contributed by atoms with Gasteiger partial charge in [0.15, 0.2) is 17.8 Å². The molecule has 14 heteroatoms. The molecule has 3 aromatic rings. The molecule has 1 heterocycles. The number of esters is 1. The zero-order valence-electron chi connectivity index (χ0n) is 29.7. The van der Waals surface area contributed by atoms with Crippen LogP contribution in [0.25, 0.3) is 0 Å². The average Bonchev–Trinajstić information content (AvgIpc) is 3.48. The summed E-state index contributed by atoms with van der Waals surface area (Å²) in [5.41, 5.74) is 5.01. The van der Waals surface area contributed by atoms with Gasteiger partial charge < -0.3 is 35.1 Å². The van der Waals surface area contributed by atoms with Crippen molar-refractivity contribution in [2.24, 2.45) is 4.99 Å². The summed E-state index contributed by atoms with van der Waals surface area (Å²) in [6, 6.07) is 15.8. The van der Waals surface area contributed by atoms with Crippen LogP contribution in [-0.4, -0.2) is 76.1 Å². The standard InChI is InChI=1S/C38H44ClN5O8/c1-24(42-36(47)21-41-35(46)11-7-8-12-37(48)51-4)38(49)43-29-14-25(19-39)13-26(15-29)23-52-34-18-31(28(22-45)17-33(34)50-3)40-20-30-16-27-9-5-6-10-32(27)44(30)2/h5-6,9-10,13-15,17-18,20,22,24,30H,7-8,11-12,16,19,21,23H2,1-4H3,(H,41,46)(H,42,47)(H,43,49). The van der Waals surface area contributed by atoms with E-state index >= 15 is 0 Å². The molecule has 1 aliphatic heterocycles. The molecule has 2 unspecified atom stereocenters. The Kier molecular flexibility index (Phi) is 14.6. The Morgan fingerprint density at radius 3 is 2.46 bits per heavy atom. The number of carbonyl (C=O) groups is 5. The number of nitrogens with one attached hydrogen (secondary N) is 3. The molecule has 0 saturated heterocycles. The number of hydrogen-bond acceptors (Lipinski definition) is 10. The van der Waals surface area contributed by atoms with Crippen LogP contribution in [0.3, 0.4) is 0 Å². The number of hydrogen-bond donors (Lipinski definition) is 3. The number of methoxy groups -OCH3 is 2. The van der Waals surface area contributed by atoms with E-state index in [1.165, 1.54) is 26.7 Å². The molecule has 276 valence electrons. The lowest BCUT2D eigenvalue weighted by Gasteiger charge is -2.19. The van der Waals surface area contributed by atoms with Gasteiger partial charge in [0.05, 0.1) is 32.5 Å². The summed E-state index contributed by atoms with van der Waals surface area (Å²) in [6.45, 7) is 1.30. The molecule has 3 N–H and O–H groups in total. The van der Waals surface area contributed by atoms with Gasteiger partial charge in [-0.3, -0.25) is 29.0 Å². The first-order valence-corrected chi connectivity index (χ1v) is 17.4. The number of nitrogens with zero attached hydrogens (tertiary/aromatic N) is 2. The van der Waals surface area contributed by atoms with E-state index in [0.717, 1.165) is 24.0 Å². The van der Waals surface area contributed by atoms with Gasteiger partial charge in [0.25, 0.3) is 0 Å². The lowest BCUT2D eigenvalue weighted by molar-refractivity contribution is -0.140. The van der Waals surface area contributed by atoms with Gasteiger partial charge in [-0.15, -0.1) is 11.6 Å². The Labute approximate surface area is 308 Å². The monoisotopic (exact) mass is 733 g/mol. The van der Waals surface area contributed by atoms with Gasteiger partial charge in [-0.25, -0.2) is 0 Å². The number of alkyl halides is 1. The fourth-order valence-corrected chi connectivity index (χ4v) is 5.77. The quantitative estimate of drug-likeness (QED) is 0.0543. The Bertz CT molecular complexity index is 1800. The van der Waals surface area contributed by atoms with Crippen molar-refractivity contribution in [3.05, 3.63) is 76.9 Å². The van der Waals surface area contributed by atoms with Gasteiger partial charge in [0.2, 0.25) is 17.7 Å². The highest BCUT2D eigenvalue weighted by Crippen LogP contribution is 2.36. The first-order valence-electron chi connectivity index (χ1n) is 16.8. The van der Waals surface area contributed by atoms with E-state index in [0.29, 0.717) is 46.8 Å². The number of carbonyl (C=O) groups excluding carboxylic acids is 5. The van der Waals surface area contributed by atoms with Crippen LogP contribution in [0.5, 0.6) is 11.5 Å². The van der Waals surface area contributed by atoms with Crippen LogP contribution in [0.15, 0.2) is 59.6 Å². The number of aliphatic imine (C=N–C) groups is 1. The maximum Gasteiger partial charge on any atom is 0.305 e. The van der Waals surface area contributed by atoms with Gasteiger partial charge in [-0.1, -0.05) is 24.3 Å². The molecule has 0 bridgehead atoms. The summed E-state index contributed by atoms with van der Waals surface area (Å²) >= 11 is 6.17. The van der Waals surface area contributed by atoms with Crippen molar-refractivity contribution in [2.45, 2.75) is 63.6 Å². The lowest BCUT2D eigenvalue weighted by atomic mass is 10.1. The number of anilines is 2. The second-order valence-electron chi connectivity index (χ2n) is 12.3. The van der Waals surface area contributed by atoms with Gasteiger partial charge in [-0.2, -0.15) is 0 Å². The van der Waals surface area contributed by atoms with Gasteiger partial charge in [-0.05, 0) is 67.1 Å². The topological polar surface area (TPSA) is 165 Å². The van der Waals surface area contributed by atoms with Crippen LogP contribution in [0.1, 0.15) is 59.7 Å². The molecule has 0 aromatic heterocycles. The van der Waals surface area contributed by atoms with Gasteiger partial charge >= 0.3 is 5.97 Å². The number of fused-ring (bicyclic) bond motifs is 1. The van der Waals surface area contributed by atoms with Crippen LogP contribution >= 0.6 is 11.6 Å². The summed E-state index contributed by atoms with van der Waals surface area (Å²) in [4.78, 5) is 67.4. The minimum Gasteiger partial charge on any atom is -0.493 e. The fourth-order valence-electron chi connectivity index (χ4n) is 5.62. The van der Waals surface area contributed by atoms with Crippen molar-refractivity contribution in [1.29, 1.82) is 0 Å². The lowest BCUT2D eigenvalue weighted by Crippen LogP contribution is -2.45. The third kappa shape index (κ3) is 11.0. The summed E-state index contributed by atoms with van der Waals surface area (Å²) in [6.07, 6.45) is 4.69. The molecule has 3 aromatic carbocycles. The average molecular weight is 734 g/mol. The van der Waals surface area contributed by atoms with E-state index in [9.17, 15) is 24.0 Å². The van der Waals surface area contributed by atoms with E-state index in [-0.39, 0.29) is 49.8 Å². The molecule has 0 aliphatic carbocycles.